The molecule has 0 aliphatic carbocycles. The molecule has 0 unspecified atom stereocenters. The third-order valence-corrected chi connectivity index (χ3v) is 2.57. The van der Waals surface area contributed by atoms with Crippen molar-refractivity contribution < 1.29 is 13.5 Å². The Bertz CT molecular complexity index is 570. The van der Waals surface area contributed by atoms with Crippen LogP contribution in [0.25, 0.3) is 0 Å². The van der Waals surface area contributed by atoms with E-state index in [4.69, 9.17) is 10.5 Å². The first-order valence-electron chi connectivity index (χ1n) is 5.49. The molecule has 4 heteroatoms. The summed E-state index contributed by atoms with van der Waals surface area (Å²) in [6.45, 7) is 1.92. The van der Waals surface area contributed by atoms with Crippen LogP contribution in [0.15, 0.2) is 36.4 Å². The van der Waals surface area contributed by atoms with Gasteiger partial charge >= 0.3 is 0 Å². The van der Waals surface area contributed by atoms with Gasteiger partial charge in [-0.2, -0.15) is 0 Å². The van der Waals surface area contributed by atoms with Crippen LogP contribution in [0.5, 0.6) is 5.75 Å². The molecule has 94 valence electrons. The smallest absolute Gasteiger partial charge is 0.142 e. The van der Waals surface area contributed by atoms with Gasteiger partial charge in [-0.25, -0.2) is 8.78 Å². The Morgan fingerprint density at radius 1 is 1.11 bits per heavy atom. The molecule has 0 aliphatic heterocycles. The fraction of sp³-hybridized carbons (Fsp3) is 0.143. The molecule has 2 aromatic rings. The van der Waals surface area contributed by atoms with E-state index in [2.05, 4.69) is 0 Å². The molecule has 0 amide bonds. The molecule has 2 aromatic carbocycles. The van der Waals surface area contributed by atoms with Crippen LogP contribution in [-0.4, -0.2) is 0 Å². The monoisotopic (exact) mass is 249 g/mol. The van der Waals surface area contributed by atoms with E-state index in [9.17, 15) is 8.78 Å². The van der Waals surface area contributed by atoms with Crippen LogP contribution in [-0.2, 0) is 6.61 Å². The number of anilines is 1. The van der Waals surface area contributed by atoms with Crippen LogP contribution >= 0.6 is 0 Å². The lowest BCUT2D eigenvalue weighted by Gasteiger charge is -2.10. The molecule has 2 rings (SSSR count). The summed E-state index contributed by atoms with van der Waals surface area (Å²) >= 11 is 0. The molecular weight excluding hydrogens is 236 g/mol. The lowest BCUT2D eigenvalue weighted by molar-refractivity contribution is 0.301. The van der Waals surface area contributed by atoms with Crippen LogP contribution in [0.3, 0.4) is 0 Å². The second-order valence-electron chi connectivity index (χ2n) is 4.07. The molecule has 0 aliphatic rings. The van der Waals surface area contributed by atoms with Gasteiger partial charge < -0.3 is 10.5 Å². The van der Waals surface area contributed by atoms with E-state index in [0.717, 1.165) is 11.6 Å². The maximum Gasteiger partial charge on any atom is 0.142 e. The van der Waals surface area contributed by atoms with Crippen molar-refractivity contribution in [2.45, 2.75) is 13.5 Å². The first-order chi connectivity index (χ1) is 8.56. The van der Waals surface area contributed by atoms with Gasteiger partial charge in [-0.3, -0.25) is 0 Å². The number of rotatable bonds is 3. The summed E-state index contributed by atoms with van der Waals surface area (Å²) in [5.74, 6) is -0.730. The number of hydrogen-bond acceptors (Lipinski definition) is 2. The molecule has 2 nitrogen and oxygen atoms in total. The summed E-state index contributed by atoms with van der Waals surface area (Å²) in [5.41, 5.74) is 7.51. The molecule has 0 bridgehead atoms. The van der Waals surface area contributed by atoms with Crippen molar-refractivity contribution in [3.63, 3.8) is 0 Å². The van der Waals surface area contributed by atoms with Gasteiger partial charge in [0.1, 0.15) is 24.0 Å². The number of nitrogen functional groups attached to an aromatic ring is 1. The fourth-order valence-corrected chi connectivity index (χ4v) is 1.56. The van der Waals surface area contributed by atoms with E-state index in [1.54, 1.807) is 12.1 Å². The number of benzene rings is 2. The zero-order valence-electron chi connectivity index (χ0n) is 9.91. The van der Waals surface area contributed by atoms with Gasteiger partial charge in [0.05, 0.1) is 5.69 Å². The first-order valence-corrected chi connectivity index (χ1v) is 5.49. The number of hydrogen-bond donors (Lipinski definition) is 1. The van der Waals surface area contributed by atoms with E-state index in [0.29, 0.717) is 11.4 Å². The van der Waals surface area contributed by atoms with Gasteiger partial charge in [-0.05, 0) is 36.8 Å². The summed E-state index contributed by atoms with van der Waals surface area (Å²) in [6.07, 6.45) is 0. The van der Waals surface area contributed by atoms with Crippen molar-refractivity contribution in [1.82, 2.24) is 0 Å². The minimum absolute atomic E-state index is 0.0137. The van der Waals surface area contributed by atoms with Gasteiger partial charge in [-0.15, -0.1) is 0 Å². The van der Waals surface area contributed by atoms with Crippen molar-refractivity contribution in [1.29, 1.82) is 0 Å². The highest BCUT2D eigenvalue weighted by molar-refractivity contribution is 5.53. The average Bonchev–Trinajstić information content (AvgIpc) is 2.32. The van der Waals surface area contributed by atoms with Crippen LogP contribution in [0.2, 0.25) is 0 Å². The Balaban J connectivity index is 2.13. The Kier molecular flexibility index (Phi) is 3.46. The summed E-state index contributed by atoms with van der Waals surface area (Å²) in [6, 6.07) is 8.75. The largest absolute Gasteiger partial charge is 0.487 e. The van der Waals surface area contributed by atoms with E-state index in [-0.39, 0.29) is 12.2 Å². The quantitative estimate of drug-likeness (QED) is 0.846. The minimum atomic E-state index is -0.624. The molecule has 18 heavy (non-hydrogen) atoms. The molecule has 0 spiro atoms. The topological polar surface area (TPSA) is 35.2 Å². The third kappa shape index (κ3) is 2.77. The maximum absolute atomic E-state index is 13.4. The molecule has 0 radical (unpaired) electrons. The Morgan fingerprint density at radius 2 is 1.89 bits per heavy atom. The molecule has 0 aromatic heterocycles. The number of ether oxygens (including phenoxy) is 1. The van der Waals surface area contributed by atoms with Crippen molar-refractivity contribution in [2.75, 3.05) is 5.73 Å². The van der Waals surface area contributed by atoms with Crippen LogP contribution in [0.4, 0.5) is 14.5 Å². The Labute approximate surface area is 104 Å². The van der Waals surface area contributed by atoms with Crippen molar-refractivity contribution in [2.24, 2.45) is 0 Å². The lowest BCUT2D eigenvalue weighted by Crippen LogP contribution is -2.01. The highest BCUT2D eigenvalue weighted by atomic mass is 19.1. The fourth-order valence-electron chi connectivity index (χ4n) is 1.56. The highest BCUT2D eigenvalue weighted by Crippen LogP contribution is 2.23. The summed E-state index contributed by atoms with van der Waals surface area (Å²) in [5, 5.41) is 0. The van der Waals surface area contributed by atoms with E-state index >= 15 is 0 Å². The van der Waals surface area contributed by atoms with Crippen molar-refractivity contribution >= 4 is 5.69 Å². The van der Waals surface area contributed by atoms with E-state index in [1.165, 1.54) is 12.1 Å². The number of halogens is 2. The summed E-state index contributed by atoms with van der Waals surface area (Å²) in [4.78, 5) is 0. The van der Waals surface area contributed by atoms with Crippen LogP contribution in [0, 0.1) is 18.6 Å². The SMILES string of the molecule is Cc1ccc(N)c(OCc2ccc(F)cc2F)c1. The second-order valence-corrected chi connectivity index (χ2v) is 4.07. The maximum atomic E-state index is 13.4. The van der Waals surface area contributed by atoms with Gasteiger partial charge in [0.15, 0.2) is 0 Å². The third-order valence-electron chi connectivity index (χ3n) is 2.57. The number of nitrogens with two attached hydrogens (primary N) is 1. The zero-order valence-corrected chi connectivity index (χ0v) is 9.91. The van der Waals surface area contributed by atoms with Gasteiger partial charge in [-0.1, -0.05) is 6.07 Å². The highest BCUT2D eigenvalue weighted by Gasteiger charge is 2.06. The van der Waals surface area contributed by atoms with Gasteiger partial charge in [0, 0.05) is 11.6 Å². The predicted molar refractivity (Wildman–Crippen MR) is 66.3 cm³/mol. The molecule has 0 saturated carbocycles. The average molecular weight is 249 g/mol. The summed E-state index contributed by atoms with van der Waals surface area (Å²) in [7, 11) is 0. The van der Waals surface area contributed by atoms with E-state index < -0.39 is 11.6 Å². The van der Waals surface area contributed by atoms with Crippen molar-refractivity contribution in [3.05, 3.63) is 59.2 Å². The standard InChI is InChI=1S/C14H13F2NO/c1-9-2-5-13(17)14(6-9)18-8-10-3-4-11(15)7-12(10)16/h2-7H,8,17H2,1H3. The molecule has 0 fully saturated rings. The van der Waals surface area contributed by atoms with Gasteiger partial charge in [0.2, 0.25) is 0 Å². The van der Waals surface area contributed by atoms with Gasteiger partial charge in [0.25, 0.3) is 0 Å². The molecule has 0 atom stereocenters. The normalized spacial score (nSPS) is 10.4. The lowest BCUT2D eigenvalue weighted by atomic mass is 10.2. The van der Waals surface area contributed by atoms with Crippen LogP contribution in [0.1, 0.15) is 11.1 Å². The molecule has 0 heterocycles. The zero-order chi connectivity index (χ0) is 13.1. The minimum Gasteiger partial charge on any atom is -0.487 e. The van der Waals surface area contributed by atoms with E-state index in [1.807, 2.05) is 13.0 Å². The molecule has 2 N–H and O–H groups in total. The Hall–Kier alpha value is -2.10. The van der Waals surface area contributed by atoms with Crippen molar-refractivity contribution in [3.8, 4) is 5.75 Å². The predicted octanol–water partition coefficient (Wildman–Crippen LogP) is 3.43. The molecule has 0 saturated heterocycles. The Morgan fingerprint density at radius 3 is 2.61 bits per heavy atom. The molecular formula is C14H13F2NO. The summed E-state index contributed by atoms with van der Waals surface area (Å²) < 4.78 is 31.5. The second kappa shape index (κ2) is 5.04. The van der Waals surface area contributed by atoms with Crippen LogP contribution < -0.4 is 10.5 Å². The number of aryl methyl sites for hydroxylation is 1. The first kappa shape index (κ1) is 12.4.